The zero-order valence-electron chi connectivity index (χ0n) is 13.3. The number of hydrogen-bond acceptors (Lipinski definition) is 3. The van der Waals surface area contributed by atoms with Gasteiger partial charge in [0, 0.05) is 42.8 Å². The molecule has 1 aromatic rings. The highest BCUT2D eigenvalue weighted by atomic mass is 35.5. The van der Waals surface area contributed by atoms with Gasteiger partial charge in [0.15, 0.2) is 0 Å². The van der Waals surface area contributed by atoms with Crippen LogP contribution in [0.1, 0.15) is 18.4 Å². The Bertz CT molecular complexity index is 624. The standard InChI is InChI=1S/C17H20Cl2N2O3/c18-13-4-3-12(14(19)11-13)10-16(22)20-5-7-21(8-6-20)17(23)15-2-1-9-24-15/h3-4,11,15H,1-2,5-10H2. The van der Waals surface area contributed by atoms with Gasteiger partial charge in [-0.25, -0.2) is 0 Å². The van der Waals surface area contributed by atoms with Crippen molar-refractivity contribution in [2.24, 2.45) is 0 Å². The molecule has 7 heteroatoms. The van der Waals surface area contributed by atoms with Crippen LogP contribution in [0.25, 0.3) is 0 Å². The lowest BCUT2D eigenvalue weighted by Crippen LogP contribution is -2.53. The van der Waals surface area contributed by atoms with Crippen molar-refractivity contribution in [2.45, 2.75) is 25.4 Å². The minimum Gasteiger partial charge on any atom is -0.368 e. The van der Waals surface area contributed by atoms with Gasteiger partial charge in [-0.2, -0.15) is 0 Å². The molecule has 0 radical (unpaired) electrons. The van der Waals surface area contributed by atoms with Gasteiger partial charge in [-0.1, -0.05) is 29.3 Å². The van der Waals surface area contributed by atoms with E-state index in [1.165, 1.54) is 0 Å². The minimum atomic E-state index is -0.292. The fourth-order valence-corrected chi connectivity index (χ4v) is 3.57. The Morgan fingerprint density at radius 1 is 1.12 bits per heavy atom. The van der Waals surface area contributed by atoms with E-state index in [1.54, 1.807) is 28.0 Å². The molecule has 5 nitrogen and oxygen atoms in total. The molecule has 0 aliphatic carbocycles. The number of halogens is 2. The Kier molecular flexibility index (Phi) is 5.64. The normalized spacial score (nSPS) is 21.2. The average Bonchev–Trinajstić information content (AvgIpc) is 3.11. The van der Waals surface area contributed by atoms with E-state index in [0.717, 1.165) is 18.4 Å². The van der Waals surface area contributed by atoms with Gasteiger partial charge in [0.2, 0.25) is 5.91 Å². The Hall–Kier alpha value is -1.30. The Labute approximate surface area is 151 Å². The van der Waals surface area contributed by atoms with Crippen LogP contribution < -0.4 is 0 Å². The van der Waals surface area contributed by atoms with E-state index in [4.69, 9.17) is 27.9 Å². The van der Waals surface area contributed by atoms with E-state index in [1.807, 2.05) is 0 Å². The van der Waals surface area contributed by atoms with Crippen molar-refractivity contribution in [3.05, 3.63) is 33.8 Å². The quantitative estimate of drug-likeness (QED) is 0.820. The van der Waals surface area contributed by atoms with Crippen molar-refractivity contribution in [2.75, 3.05) is 32.8 Å². The maximum absolute atomic E-state index is 12.4. The molecule has 2 aliphatic heterocycles. The number of benzene rings is 1. The second kappa shape index (κ2) is 7.72. The topological polar surface area (TPSA) is 49.9 Å². The molecular weight excluding hydrogens is 351 g/mol. The number of rotatable bonds is 3. The van der Waals surface area contributed by atoms with Crippen LogP contribution in [-0.2, 0) is 20.7 Å². The zero-order valence-corrected chi connectivity index (χ0v) is 14.9. The van der Waals surface area contributed by atoms with Crippen LogP contribution in [0.2, 0.25) is 10.0 Å². The van der Waals surface area contributed by atoms with Crippen molar-refractivity contribution < 1.29 is 14.3 Å². The van der Waals surface area contributed by atoms with Gasteiger partial charge in [0.1, 0.15) is 6.10 Å². The van der Waals surface area contributed by atoms with Crippen LogP contribution in [-0.4, -0.2) is 60.5 Å². The van der Waals surface area contributed by atoms with Gasteiger partial charge in [-0.3, -0.25) is 9.59 Å². The Morgan fingerprint density at radius 2 is 1.83 bits per heavy atom. The van der Waals surface area contributed by atoms with E-state index in [9.17, 15) is 9.59 Å². The van der Waals surface area contributed by atoms with Gasteiger partial charge in [0.25, 0.3) is 5.91 Å². The smallest absolute Gasteiger partial charge is 0.251 e. The van der Waals surface area contributed by atoms with Crippen LogP contribution >= 0.6 is 23.2 Å². The molecule has 1 aromatic carbocycles. The second-order valence-electron chi connectivity index (χ2n) is 6.12. The minimum absolute atomic E-state index is 0.0171. The lowest BCUT2D eigenvalue weighted by atomic mass is 10.1. The molecule has 2 fully saturated rings. The number of nitrogens with zero attached hydrogens (tertiary/aromatic N) is 2. The summed E-state index contributed by atoms with van der Waals surface area (Å²) in [5.74, 6) is 0.0729. The van der Waals surface area contributed by atoms with Gasteiger partial charge >= 0.3 is 0 Å². The lowest BCUT2D eigenvalue weighted by Gasteiger charge is -2.35. The third kappa shape index (κ3) is 4.02. The van der Waals surface area contributed by atoms with E-state index in [-0.39, 0.29) is 24.3 Å². The van der Waals surface area contributed by atoms with Gasteiger partial charge < -0.3 is 14.5 Å². The first-order valence-corrected chi connectivity index (χ1v) is 8.92. The number of carbonyl (C=O) groups excluding carboxylic acids is 2. The number of hydrogen-bond donors (Lipinski definition) is 0. The fraction of sp³-hybridized carbons (Fsp3) is 0.529. The highest BCUT2D eigenvalue weighted by Gasteiger charge is 2.31. The van der Waals surface area contributed by atoms with Gasteiger partial charge in [-0.05, 0) is 30.5 Å². The molecular formula is C17H20Cl2N2O3. The third-order valence-corrected chi connectivity index (χ3v) is 5.09. The van der Waals surface area contributed by atoms with E-state index in [0.29, 0.717) is 42.8 Å². The van der Waals surface area contributed by atoms with Crippen LogP contribution in [0.4, 0.5) is 0 Å². The summed E-state index contributed by atoms with van der Waals surface area (Å²) < 4.78 is 5.45. The average molecular weight is 371 g/mol. The molecule has 130 valence electrons. The van der Waals surface area contributed by atoms with Crippen molar-refractivity contribution in [3.8, 4) is 0 Å². The summed E-state index contributed by atoms with van der Waals surface area (Å²) in [4.78, 5) is 28.3. The third-order valence-electron chi connectivity index (χ3n) is 4.51. The molecule has 0 saturated carbocycles. The summed E-state index contributed by atoms with van der Waals surface area (Å²) in [5, 5.41) is 1.06. The monoisotopic (exact) mass is 370 g/mol. The number of ether oxygens (including phenoxy) is 1. The molecule has 0 N–H and O–H groups in total. The highest BCUT2D eigenvalue weighted by molar-refractivity contribution is 6.35. The van der Waals surface area contributed by atoms with Gasteiger partial charge in [0.05, 0.1) is 6.42 Å². The first kappa shape index (κ1) is 17.5. The molecule has 0 bridgehead atoms. The fourth-order valence-electron chi connectivity index (χ4n) is 3.09. The maximum Gasteiger partial charge on any atom is 0.251 e. The predicted octanol–water partition coefficient (Wildman–Crippen LogP) is 2.39. The summed E-state index contributed by atoms with van der Waals surface area (Å²) in [6.07, 6.45) is 1.69. The molecule has 1 unspecified atom stereocenters. The molecule has 2 amide bonds. The molecule has 2 heterocycles. The maximum atomic E-state index is 12.4. The van der Waals surface area contributed by atoms with Crippen molar-refractivity contribution >= 4 is 35.0 Å². The first-order chi connectivity index (χ1) is 11.5. The lowest BCUT2D eigenvalue weighted by molar-refractivity contribution is -0.145. The molecule has 0 spiro atoms. The molecule has 0 aromatic heterocycles. The molecule has 2 saturated heterocycles. The largest absolute Gasteiger partial charge is 0.368 e. The zero-order chi connectivity index (χ0) is 17.1. The van der Waals surface area contributed by atoms with Crippen molar-refractivity contribution in [3.63, 3.8) is 0 Å². The summed E-state index contributed by atoms with van der Waals surface area (Å²) >= 11 is 12.0. The Balaban J connectivity index is 1.52. The van der Waals surface area contributed by atoms with Crippen LogP contribution in [0.3, 0.4) is 0 Å². The molecule has 2 aliphatic rings. The predicted molar refractivity (Wildman–Crippen MR) is 92.3 cm³/mol. The number of carbonyl (C=O) groups is 2. The molecule has 3 rings (SSSR count). The summed E-state index contributed by atoms with van der Waals surface area (Å²) in [7, 11) is 0. The van der Waals surface area contributed by atoms with E-state index in [2.05, 4.69) is 0 Å². The summed E-state index contributed by atoms with van der Waals surface area (Å²) in [6.45, 7) is 2.86. The highest BCUT2D eigenvalue weighted by Crippen LogP contribution is 2.22. The molecule has 24 heavy (non-hydrogen) atoms. The van der Waals surface area contributed by atoms with Crippen molar-refractivity contribution in [1.82, 2.24) is 9.80 Å². The van der Waals surface area contributed by atoms with E-state index < -0.39 is 0 Å². The van der Waals surface area contributed by atoms with Crippen LogP contribution in [0.5, 0.6) is 0 Å². The number of amides is 2. The summed E-state index contributed by atoms with van der Waals surface area (Å²) in [6, 6.07) is 5.15. The Morgan fingerprint density at radius 3 is 2.46 bits per heavy atom. The van der Waals surface area contributed by atoms with E-state index >= 15 is 0 Å². The second-order valence-corrected chi connectivity index (χ2v) is 6.96. The van der Waals surface area contributed by atoms with Crippen LogP contribution in [0.15, 0.2) is 18.2 Å². The van der Waals surface area contributed by atoms with Crippen LogP contribution in [0, 0.1) is 0 Å². The van der Waals surface area contributed by atoms with Gasteiger partial charge in [-0.15, -0.1) is 0 Å². The molecule has 1 atom stereocenters. The first-order valence-electron chi connectivity index (χ1n) is 8.16. The van der Waals surface area contributed by atoms with Crippen molar-refractivity contribution in [1.29, 1.82) is 0 Å². The summed E-state index contributed by atoms with van der Waals surface area (Å²) in [5.41, 5.74) is 0.768. The number of piperazine rings is 1. The SMILES string of the molecule is O=C(Cc1ccc(Cl)cc1Cl)N1CCN(C(=O)C2CCCO2)CC1.